The zero-order valence-corrected chi connectivity index (χ0v) is 12.1. The van der Waals surface area contributed by atoms with Crippen molar-refractivity contribution in [1.82, 2.24) is 19.9 Å². The molecule has 7 heteroatoms. The van der Waals surface area contributed by atoms with Crippen molar-refractivity contribution in [2.75, 3.05) is 20.7 Å². The zero-order valence-electron chi connectivity index (χ0n) is 12.1. The fourth-order valence-electron chi connectivity index (χ4n) is 2.74. The van der Waals surface area contributed by atoms with Crippen molar-refractivity contribution in [3.63, 3.8) is 0 Å². The van der Waals surface area contributed by atoms with Crippen LogP contribution in [0.2, 0.25) is 0 Å². The number of hydrogen-bond acceptors (Lipinski definition) is 5. The van der Waals surface area contributed by atoms with Crippen LogP contribution >= 0.6 is 0 Å². The van der Waals surface area contributed by atoms with Gasteiger partial charge in [-0.25, -0.2) is 9.48 Å². The van der Waals surface area contributed by atoms with Gasteiger partial charge in [0.2, 0.25) is 0 Å². The van der Waals surface area contributed by atoms with Crippen LogP contribution < -0.4 is 0 Å². The Morgan fingerprint density at radius 3 is 2.95 bits per heavy atom. The molecule has 2 heterocycles. The molecule has 1 aromatic heterocycles. The second-order valence-electron chi connectivity index (χ2n) is 5.26. The van der Waals surface area contributed by atoms with Crippen LogP contribution in [0.25, 0.3) is 0 Å². The molecule has 0 aliphatic carbocycles. The van der Waals surface area contributed by atoms with Gasteiger partial charge in [-0.2, -0.15) is 0 Å². The molecule has 7 nitrogen and oxygen atoms in total. The summed E-state index contributed by atoms with van der Waals surface area (Å²) >= 11 is 0. The zero-order chi connectivity index (χ0) is 14.5. The molecule has 1 aliphatic heterocycles. The molecule has 2 rings (SSSR count). The normalized spacial score (nSPS) is 20.2. The molecule has 0 spiro atoms. The van der Waals surface area contributed by atoms with E-state index in [1.54, 1.807) is 4.68 Å². The van der Waals surface area contributed by atoms with Crippen LogP contribution in [0.15, 0.2) is 0 Å². The summed E-state index contributed by atoms with van der Waals surface area (Å²) in [6.07, 6.45) is 4.66. The largest absolute Gasteiger partial charge is 0.476 e. The molecule has 1 saturated heterocycles. The number of carbonyl (C=O) groups is 1. The number of aryl methyl sites for hydroxylation is 1. The smallest absolute Gasteiger partial charge is 0.358 e. The number of likely N-dealkylation sites (tertiary alicyclic amines) is 1. The van der Waals surface area contributed by atoms with Gasteiger partial charge in [0, 0.05) is 19.7 Å². The van der Waals surface area contributed by atoms with Gasteiger partial charge in [-0.1, -0.05) is 11.6 Å². The number of aromatic nitrogens is 3. The Labute approximate surface area is 118 Å². The summed E-state index contributed by atoms with van der Waals surface area (Å²) in [6, 6.07) is 0.539. The van der Waals surface area contributed by atoms with Crippen LogP contribution in [0.1, 0.15) is 41.9 Å². The number of ether oxygens (including phenoxy) is 1. The summed E-state index contributed by atoms with van der Waals surface area (Å²) in [5.41, 5.74) is 0.530. The standard InChI is InChI=1S/C13H22N4O3/c1-16-7-4-3-5-10(16)6-8-17-11(9-20-2)12(13(18)19)14-15-17/h10H,3-9H2,1-2H3,(H,18,19). The van der Waals surface area contributed by atoms with E-state index >= 15 is 0 Å². The maximum atomic E-state index is 11.1. The van der Waals surface area contributed by atoms with Gasteiger partial charge in [-0.3, -0.25) is 0 Å². The second-order valence-corrected chi connectivity index (χ2v) is 5.26. The first kappa shape index (κ1) is 14.9. The third-order valence-corrected chi connectivity index (χ3v) is 3.92. The van der Waals surface area contributed by atoms with Gasteiger partial charge in [0.25, 0.3) is 0 Å². The lowest BCUT2D eigenvalue weighted by Gasteiger charge is -2.32. The Hall–Kier alpha value is -1.47. The SMILES string of the molecule is COCc1c(C(=O)O)nnn1CCC1CCCCN1C. The Morgan fingerprint density at radius 1 is 1.50 bits per heavy atom. The van der Waals surface area contributed by atoms with Gasteiger partial charge in [-0.15, -0.1) is 5.10 Å². The van der Waals surface area contributed by atoms with E-state index < -0.39 is 5.97 Å². The topological polar surface area (TPSA) is 80.5 Å². The third kappa shape index (κ3) is 3.34. The fraction of sp³-hybridized carbons (Fsp3) is 0.769. The van der Waals surface area contributed by atoms with Crippen molar-refractivity contribution >= 4 is 5.97 Å². The summed E-state index contributed by atoms with van der Waals surface area (Å²) in [5.74, 6) is -1.06. The van der Waals surface area contributed by atoms with Gasteiger partial charge in [0.1, 0.15) is 0 Å². The van der Waals surface area contributed by atoms with Crippen LogP contribution in [0.3, 0.4) is 0 Å². The highest BCUT2D eigenvalue weighted by Gasteiger charge is 2.22. The highest BCUT2D eigenvalue weighted by molar-refractivity contribution is 5.86. The van der Waals surface area contributed by atoms with E-state index in [1.165, 1.54) is 26.4 Å². The predicted octanol–water partition coefficient (Wildman–Crippen LogP) is 0.997. The molecule has 0 amide bonds. The van der Waals surface area contributed by atoms with Gasteiger partial charge in [0.05, 0.1) is 12.3 Å². The molecule has 0 saturated carbocycles. The van der Waals surface area contributed by atoms with Crippen LogP contribution in [-0.4, -0.2) is 57.7 Å². The van der Waals surface area contributed by atoms with Crippen LogP contribution in [0.4, 0.5) is 0 Å². The number of carboxylic acid groups (broad SMARTS) is 1. The molecule has 1 N–H and O–H groups in total. The lowest BCUT2D eigenvalue weighted by molar-refractivity contribution is 0.0684. The Balaban J connectivity index is 2.03. The summed E-state index contributed by atoms with van der Waals surface area (Å²) in [6.45, 7) is 2.02. The van der Waals surface area contributed by atoms with Crippen molar-refractivity contribution < 1.29 is 14.6 Å². The molecule has 1 fully saturated rings. The molecule has 0 bridgehead atoms. The second kappa shape index (κ2) is 6.81. The highest BCUT2D eigenvalue weighted by atomic mass is 16.5. The number of rotatable bonds is 6. The molecule has 1 aliphatic rings. The van der Waals surface area contributed by atoms with Crippen molar-refractivity contribution in [3.05, 3.63) is 11.4 Å². The molecule has 1 unspecified atom stereocenters. The molecule has 0 aromatic carbocycles. The van der Waals surface area contributed by atoms with Gasteiger partial charge in [0.15, 0.2) is 5.69 Å². The van der Waals surface area contributed by atoms with E-state index in [4.69, 9.17) is 9.84 Å². The average molecular weight is 282 g/mol. The minimum Gasteiger partial charge on any atom is -0.476 e. The van der Waals surface area contributed by atoms with Crippen molar-refractivity contribution in [2.45, 2.75) is 44.9 Å². The minimum atomic E-state index is -1.06. The molecular weight excluding hydrogens is 260 g/mol. The molecule has 0 radical (unpaired) electrons. The maximum absolute atomic E-state index is 11.1. The van der Waals surface area contributed by atoms with Crippen LogP contribution in [0, 0.1) is 0 Å². The first-order valence-corrected chi connectivity index (χ1v) is 6.98. The quantitative estimate of drug-likeness (QED) is 0.838. The molecular formula is C13H22N4O3. The van der Waals surface area contributed by atoms with Crippen LogP contribution in [0.5, 0.6) is 0 Å². The first-order chi connectivity index (χ1) is 9.63. The monoisotopic (exact) mass is 282 g/mol. The number of piperidine rings is 1. The van der Waals surface area contributed by atoms with E-state index in [1.807, 2.05) is 0 Å². The number of methoxy groups -OCH3 is 1. The van der Waals surface area contributed by atoms with E-state index in [9.17, 15) is 4.79 Å². The summed E-state index contributed by atoms with van der Waals surface area (Å²) in [4.78, 5) is 13.5. The summed E-state index contributed by atoms with van der Waals surface area (Å²) < 4.78 is 6.72. The predicted molar refractivity (Wildman–Crippen MR) is 72.6 cm³/mol. The number of nitrogens with zero attached hydrogens (tertiary/aromatic N) is 4. The van der Waals surface area contributed by atoms with E-state index in [0.717, 1.165) is 13.0 Å². The number of carboxylic acids is 1. The molecule has 112 valence electrons. The molecule has 1 aromatic rings. The van der Waals surface area contributed by atoms with E-state index in [0.29, 0.717) is 18.3 Å². The number of aromatic carboxylic acids is 1. The Kier molecular flexibility index (Phi) is 5.08. The average Bonchev–Trinajstić information content (AvgIpc) is 2.82. The lowest BCUT2D eigenvalue weighted by Crippen LogP contribution is -2.37. The number of hydrogen-bond donors (Lipinski definition) is 1. The highest BCUT2D eigenvalue weighted by Crippen LogP contribution is 2.19. The Morgan fingerprint density at radius 2 is 2.30 bits per heavy atom. The van der Waals surface area contributed by atoms with Crippen molar-refractivity contribution in [2.24, 2.45) is 0 Å². The molecule has 1 atom stereocenters. The van der Waals surface area contributed by atoms with Gasteiger partial charge in [-0.05, 0) is 32.9 Å². The lowest BCUT2D eigenvalue weighted by atomic mass is 10.0. The van der Waals surface area contributed by atoms with E-state index in [-0.39, 0.29) is 12.3 Å². The minimum absolute atomic E-state index is 0.0103. The maximum Gasteiger partial charge on any atom is 0.358 e. The van der Waals surface area contributed by atoms with Crippen molar-refractivity contribution in [1.29, 1.82) is 0 Å². The van der Waals surface area contributed by atoms with Gasteiger partial charge < -0.3 is 14.7 Å². The third-order valence-electron chi connectivity index (χ3n) is 3.92. The van der Waals surface area contributed by atoms with E-state index in [2.05, 4.69) is 22.3 Å². The van der Waals surface area contributed by atoms with Gasteiger partial charge >= 0.3 is 5.97 Å². The fourth-order valence-corrected chi connectivity index (χ4v) is 2.74. The first-order valence-electron chi connectivity index (χ1n) is 6.98. The van der Waals surface area contributed by atoms with Crippen LogP contribution in [-0.2, 0) is 17.9 Å². The Bertz CT molecular complexity index is 460. The van der Waals surface area contributed by atoms with Crippen molar-refractivity contribution in [3.8, 4) is 0 Å². The molecule has 20 heavy (non-hydrogen) atoms. The summed E-state index contributed by atoms with van der Waals surface area (Å²) in [7, 11) is 3.68. The summed E-state index contributed by atoms with van der Waals surface area (Å²) in [5, 5.41) is 16.8.